The first-order chi connectivity index (χ1) is 13.9. The lowest BCUT2D eigenvalue weighted by Gasteiger charge is -2.36. The Kier molecular flexibility index (Phi) is 6.80. The Morgan fingerprint density at radius 3 is 2.48 bits per heavy atom. The van der Waals surface area contributed by atoms with Crippen molar-refractivity contribution in [2.24, 2.45) is 10.8 Å². The molecule has 0 spiro atoms. The second kappa shape index (κ2) is 9.13. The molecule has 0 aliphatic carbocycles. The summed E-state index contributed by atoms with van der Waals surface area (Å²) in [5.74, 6) is -0.0663. The normalized spacial score (nSPS) is 19.6. The van der Waals surface area contributed by atoms with Crippen molar-refractivity contribution >= 4 is 35.0 Å². The first-order valence-electron chi connectivity index (χ1n) is 9.28. The quantitative estimate of drug-likeness (QED) is 0.708. The summed E-state index contributed by atoms with van der Waals surface area (Å²) >= 11 is 12.3. The van der Waals surface area contributed by atoms with Gasteiger partial charge in [-0.1, -0.05) is 53.5 Å². The lowest BCUT2D eigenvalue weighted by molar-refractivity contribution is -0.162. The van der Waals surface area contributed by atoms with Crippen molar-refractivity contribution in [2.75, 3.05) is 13.7 Å². The predicted octanol–water partition coefficient (Wildman–Crippen LogP) is 4.14. The molecule has 0 fully saturated rings. The molecule has 2 aromatic carbocycles. The summed E-state index contributed by atoms with van der Waals surface area (Å²) in [5.41, 5.74) is 6.00. The smallest absolute Gasteiger partial charge is 0.275 e. The summed E-state index contributed by atoms with van der Waals surface area (Å²) in [6.45, 7) is 2.11. The summed E-state index contributed by atoms with van der Waals surface area (Å²) in [6.07, 6.45) is 0.376. The van der Waals surface area contributed by atoms with Crippen LogP contribution in [0.25, 0.3) is 0 Å². The molecule has 1 aliphatic heterocycles. The van der Waals surface area contributed by atoms with Crippen molar-refractivity contribution in [1.29, 1.82) is 0 Å². The number of benzene rings is 2. The molecule has 8 heteroatoms. The molecule has 6 nitrogen and oxygen atoms in total. The standard InChI is InChI=1S/C21H23Cl2N3O3/c1-14(28-2)20(27)26-21(9-6-10-24,16-7-4-3-5-8-16)29-19(25-26)15-11-17(22)13-18(23)12-15/h3-5,7-8,11-14H,6,9-10,24H2,1-2H3/t14-,21?/m0/s1. The molecule has 2 atom stereocenters. The van der Waals surface area contributed by atoms with E-state index >= 15 is 0 Å². The van der Waals surface area contributed by atoms with E-state index in [-0.39, 0.29) is 11.8 Å². The Labute approximate surface area is 180 Å². The largest absolute Gasteiger partial charge is 0.443 e. The summed E-state index contributed by atoms with van der Waals surface area (Å²) in [7, 11) is 1.48. The van der Waals surface area contributed by atoms with Crippen molar-refractivity contribution in [1.82, 2.24) is 5.01 Å². The van der Waals surface area contributed by atoms with E-state index in [4.69, 9.17) is 38.4 Å². The molecule has 0 bridgehead atoms. The number of hydrazone groups is 1. The third-order valence-electron chi connectivity index (χ3n) is 4.76. The molecule has 29 heavy (non-hydrogen) atoms. The van der Waals surface area contributed by atoms with Gasteiger partial charge in [0, 0.05) is 34.7 Å². The van der Waals surface area contributed by atoms with E-state index in [1.165, 1.54) is 12.1 Å². The summed E-state index contributed by atoms with van der Waals surface area (Å²) < 4.78 is 11.6. The van der Waals surface area contributed by atoms with Crippen LogP contribution in [0.4, 0.5) is 0 Å². The number of halogens is 2. The van der Waals surface area contributed by atoms with Crippen LogP contribution in [0.15, 0.2) is 53.6 Å². The van der Waals surface area contributed by atoms with Gasteiger partial charge in [-0.15, -0.1) is 5.10 Å². The van der Waals surface area contributed by atoms with E-state index in [2.05, 4.69) is 5.10 Å². The van der Waals surface area contributed by atoms with Crippen LogP contribution in [-0.4, -0.2) is 36.6 Å². The summed E-state index contributed by atoms with van der Waals surface area (Å²) in [6, 6.07) is 14.5. The van der Waals surface area contributed by atoms with Gasteiger partial charge in [-0.3, -0.25) is 4.79 Å². The lowest BCUT2D eigenvalue weighted by atomic mass is 9.96. The maximum atomic E-state index is 13.2. The van der Waals surface area contributed by atoms with Crippen molar-refractivity contribution in [3.8, 4) is 0 Å². The highest BCUT2D eigenvalue weighted by Crippen LogP contribution is 2.41. The number of methoxy groups -OCH3 is 1. The van der Waals surface area contributed by atoms with Gasteiger partial charge < -0.3 is 15.2 Å². The fourth-order valence-electron chi connectivity index (χ4n) is 3.21. The Balaban J connectivity index is 2.13. The molecular formula is C21H23Cl2N3O3. The number of hydrogen-bond acceptors (Lipinski definition) is 5. The Morgan fingerprint density at radius 2 is 1.90 bits per heavy atom. The molecular weight excluding hydrogens is 413 g/mol. The molecule has 0 saturated heterocycles. The molecule has 1 aliphatic rings. The second-order valence-electron chi connectivity index (χ2n) is 6.74. The van der Waals surface area contributed by atoms with Crippen LogP contribution in [0.3, 0.4) is 0 Å². The fourth-order valence-corrected chi connectivity index (χ4v) is 3.74. The fraction of sp³-hybridized carbons (Fsp3) is 0.333. The SMILES string of the molecule is CO[C@@H](C)C(=O)N1N=C(c2cc(Cl)cc(Cl)c2)OC1(CCCN)c1ccccc1. The number of ether oxygens (including phenoxy) is 2. The van der Waals surface area contributed by atoms with E-state index in [1.807, 2.05) is 30.3 Å². The van der Waals surface area contributed by atoms with Crippen LogP contribution in [0.5, 0.6) is 0 Å². The molecule has 0 saturated carbocycles. The van der Waals surface area contributed by atoms with Crippen molar-refractivity contribution < 1.29 is 14.3 Å². The van der Waals surface area contributed by atoms with Crippen LogP contribution < -0.4 is 5.73 Å². The topological polar surface area (TPSA) is 77.1 Å². The van der Waals surface area contributed by atoms with Crippen LogP contribution >= 0.6 is 23.2 Å². The number of hydrogen-bond donors (Lipinski definition) is 1. The molecule has 2 aromatic rings. The second-order valence-corrected chi connectivity index (χ2v) is 7.61. The van der Waals surface area contributed by atoms with Gasteiger partial charge in [0.25, 0.3) is 5.91 Å². The predicted molar refractivity (Wildman–Crippen MR) is 114 cm³/mol. The zero-order valence-electron chi connectivity index (χ0n) is 16.3. The molecule has 0 radical (unpaired) electrons. The molecule has 2 N–H and O–H groups in total. The maximum absolute atomic E-state index is 13.2. The minimum atomic E-state index is -1.14. The van der Waals surface area contributed by atoms with Crippen LogP contribution in [0, 0.1) is 0 Å². The number of rotatable bonds is 7. The van der Waals surface area contributed by atoms with Gasteiger partial charge in [0.05, 0.1) is 0 Å². The highest BCUT2D eigenvalue weighted by Gasteiger charge is 2.50. The van der Waals surface area contributed by atoms with Crippen LogP contribution in [-0.2, 0) is 20.0 Å². The zero-order valence-corrected chi connectivity index (χ0v) is 17.8. The van der Waals surface area contributed by atoms with Gasteiger partial charge in [-0.25, -0.2) is 0 Å². The Hall–Kier alpha value is -2.12. The first-order valence-corrected chi connectivity index (χ1v) is 10.0. The van der Waals surface area contributed by atoms with Crippen molar-refractivity contribution in [3.63, 3.8) is 0 Å². The minimum absolute atomic E-state index is 0.256. The number of carbonyl (C=O) groups excluding carboxylic acids is 1. The number of nitrogens with zero attached hydrogens (tertiary/aromatic N) is 2. The van der Waals surface area contributed by atoms with Gasteiger partial charge in [0.1, 0.15) is 6.10 Å². The minimum Gasteiger partial charge on any atom is -0.443 e. The van der Waals surface area contributed by atoms with E-state index in [1.54, 1.807) is 25.1 Å². The molecule has 0 aromatic heterocycles. The molecule has 1 amide bonds. The van der Waals surface area contributed by atoms with Crippen LogP contribution in [0.1, 0.15) is 30.9 Å². The van der Waals surface area contributed by atoms with E-state index in [0.717, 1.165) is 5.56 Å². The van der Waals surface area contributed by atoms with Crippen molar-refractivity contribution in [2.45, 2.75) is 31.6 Å². The highest BCUT2D eigenvalue weighted by molar-refractivity contribution is 6.35. The highest BCUT2D eigenvalue weighted by atomic mass is 35.5. The average Bonchev–Trinajstić information content (AvgIpc) is 3.12. The van der Waals surface area contributed by atoms with E-state index in [9.17, 15) is 4.79 Å². The average molecular weight is 436 g/mol. The third kappa shape index (κ3) is 4.41. The monoisotopic (exact) mass is 435 g/mol. The zero-order chi connectivity index (χ0) is 21.0. The van der Waals surface area contributed by atoms with E-state index in [0.29, 0.717) is 35.0 Å². The third-order valence-corrected chi connectivity index (χ3v) is 5.20. The van der Waals surface area contributed by atoms with Crippen LogP contribution in [0.2, 0.25) is 10.0 Å². The van der Waals surface area contributed by atoms with Gasteiger partial charge in [0.15, 0.2) is 0 Å². The van der Waals surface area contributed by atoms with Gasteiger partial charge in [-0.2, -0.15) is 5.01 Å². The summed E-state index contributed by atoms with van der Waals surface area (Å²) in [5, 5.41) is 6.78. The summed E-state index contributed by atoms with van der Waals surface area (Å²) in [4.78, 5) is 13.2. The van der Waals surface area contributed by atoms with Gasteiger partial charge in [0.2, 0.25) is 11.6 Å². The molecule has 1 unspecified atom stereocenters. The van der Waals surface area contributed by atoms with E-state index < -0.39 is 11.8 Å². The Morgan fingerprint density at radius 1 is 1.24 bits per heavy atom. The molecule has 154 valence electrons. The Bertz CT molecular complexity index is 887. The number of carbonyl (C=O) groups is 1. The van der Waals surface area contributed by atoms with Gasteiger partial charge >= 0.3 is 0 Å². The first kappa shape index (κ1) is 21.6. The number of nitrogens with two attached hydrogens (primary N) is 1. The maximum Gasteiger partial charge on any atom is 0.275 e. The molecule has 3 rings (SSSR count). The van der Waals surface area contributed by atoms with Crippen molar-refractivity contribution in [3.05, 3.63) is 69.7 Å². The molecule has 1 heterocycles. The lowest BCUT2D eigenvalue weighted by Crippen LogP contribution is -2.48. The number of amides is 1. The van der Waals surface area contributed by atoms with Gasteiger partial charge in [-0.05, 0) is 38.1 Å².